The second-order valence-electron chi connectivity index (χ2n) is 9.40. The van der Waals surface area contributed by atoms with Crippen molar-refractivity contribution in [1.29, 1.82) is 0 Å². The quantitative estimate of drug-likeness (QED) is 0.228. The molecule has 1 aromatic heterocycles. The Balaban J connectivity index is 1.80. The number of rotatable bonds is 9. The molecule has 4 aromatic rings. The molecule has 0 radical (unpaired) electrons. The van der Waals surface area contributed by atoms with E-state index in [0.29, 0.717) is 40.9 Å². The number of amides is 1. The number of hydrogen-bond donors (Lipinski definition) is 2. The molecule has 1 heterocycles. The van der Waals surface area contributed by atoms with Crippen LogP contribution in [0.25, 0.3) is 22.4 Å². The number of aromatic amines is 1. The van der Waals surface area contributed by atoms with Gasteiger partial charge in [0.25, 0.3) is 5.91 Å². The number of halogens is 3. The Morgan fingerprint density at radius 1 is 0.875 bits per heavy atom. The van der Waals surface area contributed by atoms with Crippen molar-refractivity contribution < 1.29 is 32.7 Å². The molecule has 0 aliphatic rings. The zero-order chi connectivity index (χ0) is 29.0. The average Bonchev–Trinajstić information content (AvgIpc) is 3.37. The molecule has 206 valence electrons. The molecule has 0 bridgehead atoms. The average molecular weight is 549 g/mol. The number of carboxylic acid groups (broad SMARTS) is 1. The van der Waals surface area contributed by atoms with Gasteiger partial charge in [0.1, 0.15) is 0 Å². The Morgan fingerprint density at radius 3 is 2.10 bits per heavy atom. The number of hydrogen-bond acceptors (Lipinski definition) is 3. The van der Waals surface area contributed by atoms with Crippen molar-refractivity contribution in [3.63, 3.8) is 0 Å². The van der Waals surface area contributed by atoms with Crippen LogP contribution in [0.4, 0.5) is 13.2 Å². The summed E-state index contributed by atoms with van der Waals surface area (Å²) in [5.74, 6) is -1.80. The van der Waals surface area contributed by atoms with E-state index >= 15 is 0 Å². The van der Waals surface area contributed by atoms with E-state index < -0.39 is 23.5 Å². The second kappa shape index (κ2) is 11.6. The van der Waals surface area contributed by atoms with Crippen LogP contribution in [0.5, 0.6) is 0 Å². The lowest BCUT2D eigenvalue weighted by molar-refractivity contribution is -0.138. The fourth-order valence-electron chi connectivity index (χ4n) is 4.56. The normalized spacial score (nSPS) is 11.3. The van der Waals surface area contributed by atoms with Crippen LogP contribution in [0.15, 0.2) is 79.0 Å². The van der Waals surface area contributed by atoms with E-state index in [-0.39, 0.29) is 29.0 Å². The van der Waals surface area contributed by atoms with Gasteiger partial charge in [-0.15, -0.1) is 0 Å². The number of alkyl halides is 3. The van der Waals surface area contributed by atoms with Crippen molar-refractivity contribution >= 4 is 17.7 Å². The fraction of sp³-hybridized carbons (Fsp3) is 0.194. The lowest BCUT2D eigenvalue weighted by Crippen LogP contribution is -2.29. The molecule has 0 saturated carbocycles. The van der Waals surface area contributed by atoms with Gasteiger partial charge >= 0.3 is 12.1 Å². The summed E-state index contributed by atoms with van der Waals surface area (Å²) >= 11 is 0. The van der Waals surface area contributed by atoms with Crippen LogP contribution in [-0.4, -0.2) is 46.2 Å². The molecule has 1 amide bonds. The molecule has 40 heavy (non-hydrogen) atoms. The number of H-pyrrole nitrogens is 1. The molecular formula is C31H27F3N2O4. The van der Waals surface area contributed by atoms with E-state index in [2.05, 4.69) is 4.98 Å². The van der Waals surface area contributed by atoms with E-state index in [1.807, 2.05) is 6.92 Å². The van der Waals surface area contributed by atoms with Gasteiger partial charge in [0.15, 0.2) is 5.78 Å². The molecule has 4 rings (SSSR count). The Hall–Kier alpha value is -4.66. The maximum Gasteiger partial charge on any atom is 0.416 e. The number of aliphatic carboxylic acids is 1. The third-order valence-corrected chi connectivity index (χ3v) is 6.54. The van der Waals surface area contributed by atoms with Crippen LogP contribution in [0.2, 0.25) is 0 Å². The summed E-state index contributed by atoms with van der Waals surface area (Å²) in [6.07, 6.45) is -2.48. The summed E-state index contributed by atoms with van der Waals surface area (Å²) in [5.41, 5.74) is 2.17. The first kappa shape index (κ1) is 28.4. The number of benzene rings is 3. The summed E-state index contributed by atoms with van der Waals surface area (Å²) in [7, 11) is 1.64. The first-order valence-corrected chi connectivity index (χ1v) is 12.6. The maximum atomic E-state index is 14.0. The van der Waals surface area contributed by atoms with Gasteiger partial charge in [-0.3, -0.25) is 14.4 Å². The molecule has 0 unspecified atom stereocenters. The van der Waals surface area contributed by atoms with Crippen molar-refractivity contribution in [2.24, 2.45) is 0 Å². The molecule has 9 heteroatoms. The monoisotopic (exact) mass is 548 g/mol. The largest absolute Gasteiger partial charge is 0.481 e. The molecule has 0 spiro atoms. The number of carbonyl (C=O) groups is 3. The van der Waals surface area contributed by atoms with Gasteiger partial charge in [-0.05, 0) is 40.8 Å². The summed E-state index contributed by atoms with van der Waals surface area (Å²) in [4.78, 5) is 43.2. The van der Waals surface area contributed by atoms with Gasteiger partial charge in [0.2, 0.25) is 0 Å². The van der Waals surface area contributed by atoms with Gasteiger partial charge in [-0.25, -0.2) is 0 Å². The Kier molecular flexibility index (Phi) is 8.23. The minimum atomic E-state index is -4.49. The Bertz CT molecular complexity index is 1540. The van der Waals surface area contributed by atoms with Crippen molar-refractivity contribution in [3.8, 4) is 22.4 Å². The minimum absolute atomic E-state index is 0.122. The molecule has 0 aliphatic heterocycles. The highest BCUT2D eigenvalue weighted by Crippen LogP contribution is 2.34. The van der Waals surface area contributed by atoms with E-state index in [4.69, 9.17) is 5.11 Å². The highest BCUT2D eigenvalue weighted by atomic mass is 19.4. The zero-order valence-electron chi connectivity index (χ0n) is 21.9. The number of nitrogens with one attached hydrogen (secondary N) is 1. The lowest BCUT2D eigenvalue weighted by atomic mass is 9.91. The lowest BCUT2D eigenvalue weighted by Gasteiger charge is -2.18. The molecule has 2 N–H and O–H groups in total. The highest BCUT2D eigenvalue weighted by molar-refractivity contribution is 6.19. The topological polar surface area (TPSA) is 90.5 Å². The van der Waals surface area contributed by atoms with Crippen LogP contribution in [0, 0.1) is 0 Å². The number of ketones is 1. The van der Waals surface area contributed by atoms with Gasteiger partial charge in [0.05, 0.1) is 28.8 Å². The van der Waals surface area contributed by atoms with E-state index in [0.717, 1.165) is 12.1 Å². The molecule has 6 nitrogen and oxygen atoms in total. The molecule has 0 fully saturated rings. The molecule has 0 saturated heterocycles. The Morgan fingerprint density at radius 2 is 1.50 bits per heavy atom. The van der Waals surface area contributed by atoms with Gasteiger partial charge in [0, 0.05) is 25.4 Å². The summed E-state index contributed by atoms with van der Waals surface area (Å²) in [5, 5.41) is 9.06. The van der Waals surface area contributed by atoms with E-state index in [1.165, 1.54) is 23.2 Å². The van der Waals surface area contributed by atoms with Crippen molar-refractivity contribution in [3.05, 3.63) is 107 Å². The smallest absolute Gasteiger partial charge is 0.416 e. The number of nitrogens with zero attached hydrogens (tertiary/aromatic N) is 1. The first-order chi connectivity index (χ1) is 19.0. The molecule has 0 aliphatic carbocycles. The van der Waals surface area contributed by atoms with Crippen LogP contribution in [-0.2, 0) is 17.4 Å². The third-order valence-electron chi connectivity index (χ3n) is 6.54. The Labute approximate surface area is 229 Å². The van der Waals surface area contributed by atoms with Crippen LogP contribution >= 0.6 is 0 Å². The van der Waals surface area contributed by atoms with Crippen molar-refractivity contribution in [1.82, 2.24) is 9.88 Å². The third kappa shape index (κ3) is 5.98. The number of aromatic nitrogens is 1. The maximum absolute atomic E-state index is 14.0. The van der Waals surface area contributed by atoms with Crippen LogP contribution in [0.1, 0.15) is 50.8 Å². The highest BCUT2D eigenvalue weighted by Gasteiger charge is 2.31. The summed E-state index contributed by atoms with van der Waals surface area (Å²) in [6.45, 7) is 2.38. The zero-order valence-corrected chi connectivity index (χ0v) is 21.9. The predicted octanol–water partition coefficient (Wildman–Crippen LogP) is 6.71. The molecule has 3 aromatic carbocycles. The molecule has 0 atom stereocenters. The second-order valence-corrected chi connectivity index (χ2v) is 9.40. The van der Waals surface area contributed by atoms with Crippen molar-refractivity contribution in [2.75, 3.05) is 13.6 Å². The predicted molar refractivity (Wildman–Crippen MR) is 145 cm³/mol. The summed E-state index contributed by atoms with van der Waals surface area (Å²) in [6, 6.07) is 17.8. The van der Waals surface area contributed by atoms with Crippen LogP contribution < -0.4 is 0 Å². The van der Waals surface area contributed by atoms with Crippen molar-refractivity contribution in [2.45, 2.75) is 25.9 Å². The van der Waals surface area contributed by atoms with E-state index in [9.17, 15) is 27.6 Å². The first-order valence-electron chi connectivity index (χ1n) is 12.6. The van der Waals surface area contributed by atoms with Gasteiger partial charge in [-0.2, -0.15) is 13.2 Å². The van der Waals surface area contributed by atoms with E-state index in [1.54, 1.807) is 55.6 Å². The summed E-state index contributed by atoms with van der Waals surface area (Å²) < 4.78 is 39.3. The number of carbonyl (C=O) groups excluding carboxylic acids is 2. The standard InChI is InChI=1S/C31H27F3N2O4/c1-3-16-36(2)30(40)27-25(18-35-28(27)21-10-8-19(9-11-21)17-26(37)38)29(39)24-7-5-4-6-23(24)20-12-14-22(15-13-20)31(32,33)34/h4-15,18,35H,3,16-17H2,1-2H3,(H,37,38). The SMILES string of the molecule is CCCN(C)C(=O)c1c(C(=O)c2ccccc2-c2ccc(C(F)(F)F)cc2)c[nH]c1-c1ccc(CC(=O)O)cc1. The van der Waals surface area contributed by atoms with Gasteiger partial charge in [-0.1, -0.05) is 67.6 Å². The van der Waals surface area contributed by atoms with Gasteiger partial charge < -0.3 is 15.0 Å². The fourth-order valence-corrected chi connectivity index (χ4v) is 4.56. The van der Waals surface area contributed by atoms with Crippen LogP contribution in [0.3, 0.4) is 0 Å². The minimum Gasteiger partial charge on any atom is -0.481 e. The number of carboxylic acids is 1. The molecular weight excluding hydrogens is 521 g/mol.